The average molecular weight is 254 g/mol. The minimum absolute atomic E-state index is 0.271. The monoisotopic (exact) mass is 254 g/mol. The third-order valence-electron chi connectivity index (χ3n) is 2.14. The lowest BCUT2D eigenvalue weighted by Gasteiger charge is -2.14. The van der Waals surface area contributed by atoms with Crippen LogP contribution >= 0.6 is 0 Å². The number of hydrogen-bond acceptors (Lipinski definition) is 3. The summed E-state index contributed by atoms with van der Waals surface area (Å²) < 4.78 is 17.9. The van der Waals surface area contributed by atoms with Crippen molar-refractivity contribution in [3.63, 3.8) is 0 Å². The molecule has 6 heteroatoms. The van der Waals surface area contributed by atoms with Crippen LogP contribution in [0.15, 0.2) is 24.3 Å². The molecule has 1 unspecified atom stereocenters. The lowest BCUT2D eigenvalue weighted by atomic mass is 10.3. The highest BCUT2D eigenvalue weighted by molar-refractivity contribution is 5.84. The quantitative estimate of drug-likeness (QED) is 0.792. The maximum atomic E-state index is 12.6. The molecular formula is C12H15FN2O3. The molecule has 18 heavy (non-hydrogen) atoms. The van der Waals surface area contributed by atoms with Gasteiger partial charge in [-0.05, 0) is 31.2 Å². The van der Waals surface area contributed by atoms with Gasteiger partial charge in [-0.25, -0.2) is 4.39 Å². The molecule has 5 nitrogen and oxygen atoms in total. The summed E-state index contributed by atoms with van der Waals surface area (Å²) in [4.78, 5) is 22.4. The Bertz CT molecular complexity index is 420. The smallest absolute Gasteiger partial charge is 0.279 e. The summed E-state index contributed by atoms with van der Waals surface area (Å²) >= 11 is 0. The summed E-state index contributed by atoms with van der Waals surface area (Å²) in [6.07, 6.45) is -0.527. The van der Waals surface area contributed by atoms with Crippen LogP contribution in [0.2, 0.25) is 0 Å². The van der Waals surface area contributed by atoms with E-state index in [0.717, 1.165) is 0 Å². The van der Waals surface area contributed by atoms with E-state index in [0.29, 0.717) is 5.75 Å². The number of nitrogens with one attached hydrogen (secondary N) is 2. The summed E-state index contributed by atoms with van der Waals surface area (Å²) in [5, 5.41) is 0. The zero-order valence-electron chi connectivity index (χ0n) is 10.2. The first-order chi connectivity index (χ1) is 8.52. The number of amides is 2. The molecule has 1 atom stereocenters. The van der Waals surface area contributed by atoms with Gasteiger partial charge in [0.25, 0.3) is 5.91 Å². The lowest BCUT2D eigenvalue weighted by molar-refractivity contribution is -0.132. The van der Waals surface area contributed by atoms with E-state index in [-0.39, 0.29) is 18.1 Å². The van der Waals surface area contributed by atoms with Gasteiger partial charge in [0.05, 0.1) is 0 Å². The maximum Gasteiger partial charge on any atom is 0.279 e. The Morgan fingerprint density at radius 2 is 1.89 bits per heavy atom. The summed E-state index contributed by atoms with van der Waals surface area (Å²) in [7, 11) is 0. The van der Waals surface area contributed by atoms with Gasteiger partial charge in [0.2, 0.25) is 5.91 Å². The van der Waals surface area contributed by atoms with Gasteiger partial charge in [0.1, 0.15) is 11.6 Å². The minimum Gasteiger partial charge on any atom is -0.481 e. The van der Waals surface area contributed by atoms with Gasteiger partial charge in [-0.3, -0.25) is 20.4 Å². The molecule has 98 valence electrons. The molecule has 1 aromatic rings. The Morgan fingerprint density at radius 1 is 1.28 bits per heavy atom. The van der Waals surface area contributed by atoms with Crippen LogP contribution in [0.5, 0.6) is 5.75 Å². The molecule has 0 heterocycles. The summed E-state index contributed by atoms with van der Waals surface area (Å²) in [5.74, 6) is -0.783. The lowest BCUT2D eigenvalue weighted by Crippen LogP contribution is -2.46. The molecule has 0 radical (unpaired) electrons. The maximum absolute atomic E-state index is 12.6. The first-order valence-corrected chi connectivity index (χ1v) is 5.54. The fourth-order valence-electron chi connectivity index (χ4n) is 1.09. The summed E-state index contributed by atoms with van der Waals surface area (Å²) in [6, 6.07) is 5.31. The third kappa shape index (κ3) is 4.40. The van der Waals surface area contributed by atoms with Crippen LogP contribution in [-0.4, -0.2) is 17.9 Å². The van der Waals surface area contributed by atoms with Gasteiger partial charge < -0.3 is 4.74 Å². The largest absolute Gasteiger partial charge is 0.481 e. The highest BCUT2D eigenvalue weighted by Crippen LogP contribution is 2.12. The standard InChI is InChI=1S/C12H15FN2O3/c1-3-11(16)14-15-12(17)8(2)18-10-6-4-9(13)5-7-10/h4-8H,3H2,1-2H3,(H,14,16)(H,15,17). The van der Waals surface area contributed by atoms with Gasteiger partial charge in [0, 0.05) is 6.42 Å². The van der Waals surface area contributed by atoms with Crippen LogP contribution in [0, 0.1) is 5.82 Å². The Morgan fingerprint density at radius 3 is 2.44 bits per heavy atom. The fraction of sp³-hybridized carbons (Fsp3) is 0.333. The minimum atomic E-state index is -0.799. The van der Waals surface area contributed by atoms with Crippen molar-refractivity contribution in [2.75, 3.05) is 0 Å². The number of rotatable bonds is 4. The van der Waals surface area contributed by atoms with Crippen LogP contribution in [0.3, 0.4) is 0 Å². The van der Waals surface area contributed by atoms with Crippen molar-refractivity contribution in [2.24, 2.45) is 0 Å². The molecule has 0 aliphatic rings. The number of hydrazine groups is 1. The van der Waals surface area contributed by atoms with Crippen LogP contribution in [0.25, 0.3) is 0 Å². The van der Waals surface area contributed by atoms with E-state index in [1.54, 1.807) is 6.92 Å². The van der Waals surface area contributed by atoms with Gasteiger partial charge in [-0.2, -0.15) is 0 Å². The van der Waals surface area contributed by atoms with Gasteiger partial charge in [-0.15, -0.1) is 0 Å². The molecule has 1 aromatic carbocycles. The number of benzene rings is 1. The third-order valence-corrected chi connectivity index (χ3v) is 2.14. The summed E-state index contributed by atoms with van der Waals surface area (Å²) in [5.41, 5.74) is 4.46. The number of carbonyl (C=O) groups excluding carboxylic acids is 2. The molecule has 2 amide bonds. The van der Waals surface area contributed by atoms with Crippen LogP contribution in [0.1, 0.15) is 20.3 Å². The predicted octanol–water partition coefficient (Wildman–Crippen LogP) is 1.15. The molecule has 0 spiro atoms. The average Bonchev–Trinajstić information content (AvgIpc) is 2.38. The zero-order chi connectivity index (χ0) is 13.5. The van der Waals surface area contributed by atoms with Crippen molar-refractivity contribution in [2.45, 2.75) is 26.4 Å². The number of hydrogen-bond donors (Lipinski definition) is 2. The van der Waals surface area contributed by atoms with E-state index in [1.165, 1.54) is 31.2 Å². The van der Waals surface area contributed by atoms with Gasteiger partial charge >= 0.3 is 0 Å². The molecular weight excluding hydrogens is 239 g/mol. The highest BCUT2D eigenvalue weighted by atomic mass is 19.1. The normalized spacial score (nSPS) is 11.5. The van der Waals surface area contributed by atoms with Crippen molar-refractivity contribution < 1.29 is 18.7 Å². The van der Waals surface area contributed by atoms with Gasteiger partial charge in [-0.1, -0.05) is 6.92 Å². The van der Waals surface area contributed by atoms with E-state index in [9.17, 15) is 14.0 Å². The van der Waals surface area contributed by atoms with Crippen molar-refractivity contribution in [3.05, 3.63) is 30.1 Å². The first-order valence-electron chi connectivity index (χ1n) is 5.54. The van der Waals surface area contributed by atoms with Crippen molar-refractivity contribution >= 4 is 11.8 Å². The van der Waals surface area contributed by atoms with E-state index < -0.39 is 12.0 Å². The SMILES string of the molecule is CCC(=O)NNC(=O)C(C)Oc1ccc(F)cc1. The van der Waals surface area contributed by atoms with Crippen LogP contribution in [0.4, 0.5) is 4.39 Å². The second-order valence-electron chi connectivity index (χ2n) is 3.60. The predicted molar refractivity (Wildman–Crippen MR) is 63.1 cm³/mol. The number of carbonyl (C=O) groups is 2. The van der Waals surface area contributed by atoms with E-state index >= 15 is 0 Å². The van der Waals surface area contributed by atoms with E-state index in [1.807, 2.05) is 0 Å². The van der Waals surface area contributed by atoms with Gasteiger partial charge in [0.15, 0.2) is 6.10 Å². The molecule has 2 N–H and O–H groups in total. The molecule has 0 fully saturated rings. The molecule has 0 aliphatic carbocycles. The Balaban J connectivity index is 2.44. The van der Waals surface area contributed by atoms with E-state index in [2.05, 4.69) is 10.9 Å². The Labute approximate surface area is 104 Å². The van der Waals surface area contributed by atoms with Crippen molar-refractivity contribution in [1.29, 1.82) is 0 Å². The number of ether oxygens (including phenoxy) is 1. The van der Waals surface area contributed by atoms with Crippen molar-refractivity contribution in [1.82, 2.24) is 10.9 Å². The summed E-state index contributed by atoms with van der Waals surface area (Å²) in [6.45, 7) is 3.19. The fourth-order valence-corrected chi connectivity index (χ4v) is 1.09. The molecule has 0 aliphatic heterocycles. The Hall–Kier alpha value is -2.11. The van der Waals surface area contributed by atoms with E-state index in [4.69, 9.17) is 4.74 Å². The second-order valence-corrected chi connectivity index (χ2v) is 3.60. The van der Waals surface area contributed by atoms with Crippen LogP contribution in [-0.2, 0) is 9.59 Å². The molecule has 0 bridgehead atoms. The zero-order valence-corrected chi connectivity index (χ0v) is 10.2. The molecule has 0 saturated heterocycles. The highest BCUT2D eigenvalue weighted by Gasteiger charge is 2.14. The second kappa shape index (κ2) is 6.58. The topological polar surface area (TPSA) is 67.4 Å². The molecule has 1 rings (SSSR count). The Kier molecular flexibility index (Phi) is 5.10. The van der Waals surface area contributed by atoms with Crippen molar-refractivity contribution in [3.8, 4) is 5.75 Å². The first kappa shape index (κ1) is 14.0. The molecule has 0 saturated carbocycles. The molecule has 0 aromatic heterocycles. The number of halogens is 1. The van der Waals surface area contributed by atoms with Crippen LogP contribution < -0.4 is 15.6 Å².